The van der Waals surface area contributed by atoms with Gasteiger partial charge in [-0.15, -0.1) is 0 Å². The third kappa shape index (κ3) is 1.84. The minimum atomic E-state index is 0.608. The molecule has 0 saturated heterocycles. The van der Waals surface area contributed by atoms with Gasteiger partial charge in [-0.1, -0.05) is 17.7 Å². The van der Waals surface area contributed by atoms with Crippen LogP contribution in [0.4, 0.5) is 0 Å². The maximum Gasteiger partial charge on any atom is 0.0797 e. The average molecular weight is 190 g/mol. The summed E-state index contributed by atoms with van der Waals surface area (Å²) in [5.74, 6) is 0. The van der Waals surface area contributed by atoms with Gasteiger partial charge in [0.1, 0.15) is 0 Å². The number of halogens is 1. The predicted molar refractivity (Wildman–Crippen MR) is 51.3 cm³/mol. The lowest BCUT2D eigenvalue weighted by Crippen LogP contribution is -1.83. The average Bonchev–Trinajstić information content (AvgIpc) is 2.19. The molecule has 63 valence electrons. The third-order valence-corrected chi connectivity index (χ3v) is 1.79. The largest absolute Gasteiger partial charge is 0.262 e. The van der Waals surface area contributed by atoms with Crippen molar-refractivity contribution in [3.63, 3.8) is 0 Å². The minimum Gasteiger partial charge on any atom is -0.262 e. The molecule has 0 unspecified atom stereocenters. The minimum absolute atomic E-state index is 0.608. The number of pyridine rings is 2. The van der Waals surface area contributed by atoms with Crippen LogP contribution in [0.3, 0.4) is 0 Å². The van der Waals surface area contributed by atoms with Crippen LogP contribution in [0.15, 0.2) is 36.8 Å². The summed E-state index contributed by atoms with van der Waals surface area (Å²) in [6, 6.07) is 8.44. The number of aromatic nitrogens is 2. The molecule has 2 nitrogen and oxygen atoms in total. The highest BCUT2D eigenvalue weighted by Crippen LogP contribution is 2.17. The van der Waals surface area contributed by atoms with Gasteiger partial charge in [0.15, 0.2) is 0 Å². The van der Waals surface area contributed by atoms with E-state index in [9.17, 15) is 0 Å². The molecule has 2 aromatic heterocycles. The Balaban J connectivity index is 2.48. The van der Waals surface area contributed by atoms with Crippen LogP contribution < -0.4 is 0 Å². The summed E-state index contributed by atoms with van der Waals surface area (Å²) in [6.45, 7) is 0. The number of hydrogen-bond donors (Lipinski definition) is 0. The van der Waals surface area contributed by atoms with Gasteiger partial charge in [0.25, 0.3) is 0 Å². The Morgan fingerprint density at radius 2 is 2.23 bits per heavy atom. The van der Waals surface area contributed by atoms with Crippen molar-refractivity contribution >= 4 is 11.6 Å². The summed E-state index contributed by atoms with van der Waals surface area (Å²) in [5.41, 5.74) is 1.64. The van der Waals surface area contributed by atoms with E-state index in [1.165, 1.54) is 0 Å². The van der Waals surface area contributed by atoms with E-state index in [1.54, 1.807) is 18.6 Å². The molecule has 0 aliphatic carbocycles. The Morgan fingerprint density at radius 3 is 2.92 bits per heavy atom. The molecular weight excluding hydrogens is 184 g/mol. The fourth-order valence-corrected chi connectivity index (χ4v) is 1.20. The molecule has 0 atom stereocenters. The van der Waals surface area contributed by atoms with E-state index in [0.29, 0.717) is 5.02 Å². The van der Waals surface area contributed by atoms with Gasteiger partial charge >= 0.3 is 0 Å². The third-order valence-electron chi connectivity index (χ3n) is 1.58. The molecule has 3 heteroatoms. The van der Waals surface area contributed by atoms with Gasteiger partial charge in [-0.2, -0.15) is 0 Å². The molecule has 2 rings (SSSR count). The van der Waals surface area contributed by atoms with Crippen molar-refractivity contribution in [3.05, 3.63) is 47.9 Å². The molecule has 0 aromatic carbocycles. The molecule has 0 N–H and O–H groups in total. The van der Waals surface area contributed by atoms with E-state index in [4.69, 9.17) is 11.6 Å². The normalized spacial score (nSPS) is 9.92. The van der Waals surface area contributed by atoms with Crippen LogP contribution in [0.2, 0.25) is 5.02 Å². The molecule has 2 heterocycles. The number of nitrogens with zero attached hydrogens (tertiary/aromatic N) is 2. The van der Waals surface area contributed by atoms with Crippen molar-refractivity contribution in [1.29, 1.82) is 0 Å². The smallest absolute Gasteiger partial charge is 0.0797 e. The SMILES string of the molecule is Clc1cncc(-c2[c]cccn2)c1. The zero-order chi connectivity index (χ0) is 9.10. The topological polar surface area (TPSA) is 25.8 Å². The molecular formula is C10H6ClN2. The quantitative estimate of drug-likeness (QED) is 0.689. The van der Waals surface area contributed by atoms with E-state index < -0.39 is 0 Å². The van der Waals surface area contributed by atoms with Gasteiger partial charge in [0, 0.05) is 30.2 Å². The first kappa shape index (κ1) is 8.20. The van der Waals surface area contributed by atoms with E-state index in [1.807, 2.05) is 18.2 Å². The molecule has 0 aliphatic heterocycles. The summed E-state index contributed by atoms with van der Waals surface area (Å²) in [4.78, 5) is 8.10. The van der Waals surface area contributed by atoms with Crippen molar-refractivity contribution in [3.8, 4) is 11.3 Å². The van der Waals surface area contributed by atoms with Crippen molar-refractivity contribution in [2.75, 3.05) is 0 Å². The molecule has 0 spiro atoms. The Labute approximate surface area is 81.2 Å². The Hall–Kier alpha value is -1.41. The number of rotatable bonds is 1. The zero-order valence-electron chi connectivity index (χ0n) is 6.74. The second kappa shape index (κ2) is 3.54. The summed E-state index contributed by atoms with van der Waals surface area (Å²) in [6.07, 6.45) is 5.02. The van der Waals surface area contributed by atoms with Crippen LogP contribution >= 0.6 is 11.6 Å². The lowest BCUT2D eigenvalue weighted by Gasteiger charge is -1.98. The monoisotopic (exact) mass is 189 g/mol. The van der Waals surface area contributed by atoms with E-state index >= 15 is 0 Å². The van der Waals surface area contributed by atoms with Gasteiger partial charge in [0.05, 0.1) is 10.7 Å². The zero-order valence-corrected chi connectivity index (χ0v) is 7.49. The molecule has 0 saturated carbocycles. The van der Waals surface area contributed by atoms with Crippen LogP contribution in [0.5, 0.6) is 0 Å². The lowest BCUT2D eigenvalue weighted by atomic mass is 10.2. The first-order valence-corrected chi connectivity index (χ1v) is 4.18. The van der Waals surface area contributed by atoms with Gasteiger partial charge < -0.3 is 0 Å². The molecule has 0 aliphatic rings. The molecule has 0 fully saturated rings. The van der Waals surface area contributed by atoms with Crippen LogP contribution in [-0.4, -0.2) is 9.97 Å². The van der Waals surface area contributed by atoms with Crippen molar-refractivity contribution in [2.24, 2.45) is 0 Å². The first-order chi connectivity index (χ1) is 6.36. The fraction of sp³-hybridized carbons (Fsp3) is 0. The van der Waals surface area contributed by atoms with Crippen LogP contribution in [-0.2, 0) is 0 Å². The van der Waals surface area contributed by atoms with Crippen molar-refractivity contribution in [2.45, 2.75) is 0 Å². The molecule has 1 radical (unpaired) electrons. The second-order valence-corrected chi connectivity index (χ2v) is 2.96. The van der Waals surface area contributed by atoms with Gasteiger partial charge in [-0.3, -0.25) is 9.97 Å². The highest BCUT2D eigenvalue weighted by atomic mass is 35.5. The fourth-order valence-electron chi connectivity index (χ4n) is 1.02. The van der Waals surface area contributed by atoms with E-state index in [2.05, 4.69) is 16.0 Å². The highest BCUT2D eigenvalue weighted by Gasteiger charge is 1.98. The summed E-state index contributed by atoms with van der Waals surface area (Å²) >= 11 is 5.79. The van der Waals surface area contributed by atoms with Crippen molar-refractivity contribution < 1.29 is 0 Å². The Morgan fingerprint density at radius 1 is 1.31 bits per heavy atom. The van der Waals surface area contributed by atoms with Crippen molar-refractivity contribution in [1.82, 2.24) is 9.97 Å². The highest BCUT2D eigenvalue weighted by molar-refractivity contribution is 6.30. The molecule has 2 aromatic rings. The number of hydrogen-bond acceptors (Lipinski definition) is 2. The van der Waals surface area contributed by atoms with Crippen LogP contribution in [0.1, 0.15) is 0 Å². The summed E-state index contributed by atoms with van der Waals surface area (Å²) in [5, 5.41) is 0.608. The Kier molecular flexibility index (Phi) is 2.23. The molecule has 0 bridgehead atoms. The summed E-state index contributed by atoms with van der Waals surface area (Å²) < 4.78 is 0. The van der Waals surface area contributed by atoms with E-state index in [0.717, 1.165) is 11.3 Å². The first-order valence-electron chi connectivity index (χ1n) is 3.80. The van der Waals surface area contributed by atoms with Gasteiger partial charge in [-0.25, -0.2) is 0 Å². The molecule has 0 amide bonds. The summed E-state index contributed by atoms with van der Waals surface area (Å²) in [7, 11) is 0. The van der Waals surface area contributed by atoms with Crippen LogP contribution in [0, 0.1) is 6.07 Å². The van der Waals surface area contributed by atoms with Crippen LogP contribution in [0.25, 0.3) is 11.3 Å². The predicted octanol–water partition coefficient (Wildman–Crippen LogP) is 2.60. The van der Waals surface area contributed by atoms with E-state index in [-0.39, 0.29) is 0 Å². The maximum absolute atomic E-state index is 5.79. The molecule has 13 heavy (non-hydrogen) atoms. The lowest BCUT2D eigenvalue weighted by molar-refractivity contribution is 1.27. The second-order valence-electron chi connectivity index (χ2n) is 2.52. The van der Waals surface area contributed by atoms with Gasteiger partial charge in [-0.05, 0) is 12.1 Å². The Bertz CT molecular complexity index is 401. The standard InChI is InChI=1S/C10H6ClN2/c11-9-5-8(6-12-7-9)10-3-1-2-4-13-10/h1-2,4-7H. The van der Waals surface area contributed by atoms with Gasteiger partial charge in [0.2, 0.25) is 0 Å². The maximum atomic E-state index is 5.79.